The predicted molar refractivity (Wildman–Crippen MR) is 121 cm³/mol. The van der Waals surface area contributed by atoms with Crippen molar-refractivity contribution in [1.29, 1.82) is 0 Å². The summed E-state index contributed by atoms with van der Waals surface area (Å²) in [5.41, 5.74) is -0.0310. The molecule has 0 saturated heterocycles. The van der Waals surface area contributed by atoms with Crippen molar-refractivity contribution in [3.05, 3.63) is 87.3 Å². The van der Waals surface area contributed by atoms with Gasteiger partial charge in [0.15, 0.2) is 0 Å². The molecule has 2 aromatic carbocycles. The van der Waals surface area contributed by atoms with E-state index in [9.17, 15) is 14.4 Å². The van der Waals surface area contributed by atoms with Crippen LogP contribution < -0.4 is 20.7 Å². The number of aromatic nitrogens is 1. The maximum Gasteiger partial charge on any atom is 0.344 e. The Kier molecular flexibility index (Phi) is 5.43. The fourth-order valence-electron chi connectivity index (χ4n) is 3.59. The zero-order chi connectivity index (χ0) is 23.7. The topological polar surface area (TPSA) is 122 Å². The molecule has 9 nitrogen and oxygen atoms in total. The van der Waals surface area contributed by atoms with Crippen molar-refractivity contribution in [3.8, 4) is 22.8 Å². The van der Waals surface area contributed by atoms with Gasteiger partial charge in [0.25, 0.3) is 5.88 Å². The third-order valence-electron chi connectivity index (χ3n) is 5.20. The summed E-state index contributed by atoms with van der Waals surface area (Å²) >= 11 is 0. The highest BCUT2D eigenvalue weighted by molar-refractivity contribution is 5.95. The molecule has 0 aliphatic rings. The van der Waals surface area contributed by atoms with Crippen LogP contribution in [0.5, 0.6) is 11.6 Å². The van der Waals surface area contributed by atoms with Crippen molar-refractivity contribution in [2.45, 2.75) is 12.8 Å². The first-order valence-electron chi connectivity index (χ1n) is 10.3. The van der Waals surface area contributed by atoms with Crippen LogP contribution in [0.3, 0.4) is 0 Å². The Labute approximate surface area is 191 Å². The molecule has 9 heteroatoms. The highest BCUT2D eigenvalue weighted by atomic mass is 16.5. The molecule has 0 unspecified atom stereocenters. The van der Waals surface area contributed by atoms with E-state index >= 15 is 0 Å². The molecular weight excluding hydrogens is 442 g/mol. The third-order valence-corrected chi connectivity index (χ3v) is 5.20. The molecule has 5 rings (SSSR count). The van der Waals surface area contributed by atoms with E-state index in [1.165, 1.54) is 19.2 Å². The third kappa shape index (κ3) is 4.18. The van der Waals surface area contributed by atoms with E-state index in [4.69, 9.17) is 22.8 Å². The maximum atomic E-state index is 12.6. The summed E-state index contributed by atoms with van der Waals surface area (Å²) in [7, 11) is 1.46. The predicted octanol–water partition coefficient (Wildman–Crippen LogP) is 4.10. The first kappa shape index (κ1) is 21.2. The Morgan fingerprint density at radius 3 is 2.62 bits per heavy atom. The van der Waals surface area contributed by atoms with Crippen LogP contribution >= 0.6 is 0 Å². The fourth-order valence-corrected chi connectivity index (χ4v) is 3.59. The van der Waals surface area contributed by atoms with Crippen LogP contribution in [0.4, 0.5) is 0 Å². The Morgan fingerprint density at radius 2 is 1.79 bits per heavy atom. The Balaban J connectivity index is 1.43. The minimum absolute atomic E-state index is 0.0402. The summed E-state index contributed by atoms with van der Waals surface area (Å²) in [6.07, 6.45) is 0.318. The van der Waals surface area contributed by atoms with Gasteiger partial charge in [-0.3, -0.25) is 4.79 Å². The number of para-hydroxylation sites is 1. The van der Waals surface area contributed by atoms with Crippen LogP contribution in [0.25, 0.3) is 33.1 Å². The lowest BCUT2D eigenvalue weighted by Gasteiger charge is -2.08. The van der Waals surface area contributed by atoms with Crippen molar-refractivity contribution < 1.29 is 27.6 Å². The molecule has 0 N–H and O–H groups in total. The molecule has 3 heterocycles. The quantitative estimate of drug-likeness (QED) is 0.210. The first-order valence-corrected chi connectivity index (χ1v) is 10.3. The first-order chi connectivity index (χ1) is 16.5. The lowest BCUT2D eigenvalue weighted by molar-refractivity contribution is -0.134. The van der Waals surface area contributed by atoms with E-state index in [0.29, 0.717) is 33.6 Å². The summed E-state index contributed by atoms with van der Waals surface area (Å²) in [6.45, 7) is 0. The number of carbonyl (C=O) groups excluding carboxylic acids is 1. The molecule has 0 aliphatic heterocycles. The molecule has 5 aromatic rings. The molecule has 34 heavy (non-hydrogen) atoms. The summed E-state index contributed by atoms with van der Waals surface area (Å²) in [4.78, 5) is 37.1. The molecule has 0 atom stereocenters. The average molecular weight is 459 g/mol. The van der Waals surface area contributed by atoms with Gasteiger partial charge in [-0.2, -0.15) is 0 Å². The molecule has 3 aromatic heterocycles. The van der Waals surface area contributed by atoms with Gasteiger partial charge in [-0.1, -0.05) is 18.2 Å². The molecule has 0 radical (unpaired) electrons. The van der Waals surface area contributed by atoms with Gasteiger partial charge in [0.2, 0.25) is 0 Å². The number of rotatable bonds is 6. The number of methoxy groups -OCH3 is 1. The maximum absolute atomic E-state index is 12.6. The second kappa shape index (κ2) is 8.70. The second-order valence-corrected chi connectivity index (χ2v) is 7.43. The molecule has 0 spiro atoms. The summed E-state index contributed by atoms with van der Waals surface area (Å²) in [6, 6.07) is 16.2. The summed E-state index contributed by atoms with van der Waals surface area (Å²) in [5, 5.41) is 4.89. The van der Waals surface area contributed by atoms with Crippen molar-refractivity contribution >= 4 is 27.9 Å². The van der Waals surface area contributed by atoms with Crippen molar-refractivity contribution in [1.82, 2.24) is 5.16 Å². The zero-order valence-electron chi connectivity index (χ0n) is 17.9. The number of aryl methyl sites for hydroxylation is 1. The standard InChI is InChI=1S/C25H17NO8/c1-30-22-12-16(34-26-22)7-9-23(27)31-15-6-8-17-18(13-24(28)32-21(17)11-15)19-10-14-4-2-3-5-20(14)33-25(19)29/h2-6,8,10-13H,7,9H2,1H3. The van der Waals surface area contributed by atoms with Crippen molar-refractivity contribution in [3.63, 3.8) is 0 Å². The molecule has 0 aliphatic carbocycles. The Hall–Kier alpha value is -4.66. The van der Waals surface area contributed by atoms with E-state index in [2.05, 4.69) is 5.16 Å². The number of carbonyl (C=O) groups is 1. The van der Waals surface area contributed by atoms with Crippen LogP contribution in [0, 0.1) is 0 Å². The van der Waals surface area contributed by atoms with E-state index in [1.54, 1.807) is 36.4 Å². The monoisotopic (exact) mass is 459 g/mol. The number of nitrogens with zero attached hydrogens (tertiary/aromatic N) is 1. The largest absolute Gasteiger partial charge is 0.479 e. The molecule has 0 amide bonds. The molecule has 170 valence electrons. The van der Waals surface area contributed by atoms with Gasteiger partial charge in [0.1, 0.15) is 22.7 Å². The number of benzene rings is 2. The normalized spacial score (nSPS) is 11.1. The highest BCUT2D eigenvalue weighted by Crippen LogP contribution is 2.30. The van der Waals surface area contributed by atoms with Gasteiger partial charge in [0, 0.05) is 41.0 Å². The van der Waals surface area contributed by atoms with Crippen molar-refractivity contribution in [2.24, 2.45) is 0 Å². The minimum atomic E-state index is -0.655. The van der Waals surface area contributed by atoms with Crippen LogP contribution in [0.15, 0.2) is 83.6 Å². The second-order valence-electron chi connectivity index (χ2n) is 7.43. The van der Waals surface area contributed by atoms with Gasteiger partial charge < -0.3 is 22.8 Å². The van der Waals surface area contributed by atoms with E-state index in [1.807, 2.05) is 12.1 Å². The lowest BCUT2D eigenvalue weighted by Crippen LogP contribution is -2.09. The Bertz CT molecular complexity index is 1640. The summed E-state index contributed by atoms with van der Waals surface area (Å²) in [5.74, 6) is 0.489. The van der Waals surface area contributed by atoms with Gasteiger partial charge in [-0.25, -0.2) is 9.59 Å². The van der Waals surface area contributed by atoms with Crippen LogP contribution in [-0.2, 0) is 11.2 Å². The SMILES string of the molecule is COc1cc(CCC(=O)Oc2ccc3c(-c4cc5ccccc5oc4=O)cc(=O)oc3c2)on1. The van der Waals surface area contributed by atoms with Crippen LogP contribution in [0.2, 0.25) is 0 Å². The number of hydrogen-bond donors (Lipinski definition) is 0. The smallest absolute Gasteiger partial charge is 0.344 e. The lowest BCUT2D eigenvalue weighted by atomic mass is 10.0. The number of hydrogen-bond acceptors (Lipinski definition) is 9. The van der Waals surface area contributed by atoms with E-state index in [0.717, 1.165) is 0 Å². The van der Waals surface area contributed by atoms with Gasteiger partial charge in [-0.05, 0) is 29.4 Å². The average Bonchev–Trinajstić information content (AvgIpc) is 3.30. The van der Waals surface area contributed by atoms with Gasteiger partial charge in [0.05, 0.1) is 19.1 Å². The molecule has 0 fully saturated rings. The van der Waals surface area contributed by atoms with E-state index < -0.39 is 17.2 Å². The minimum Gasteiger partial charge on any atom is -0.479 e. The number of ether oxygens (including phenoxy) is 2. The molecule has 0 bridgehead atoms. The summed E-state index contributed by atoms with van der Waals surface area (Å²) < 4.78 is 26.1. The molecule has 0 saturated carbocycles. The number of esters is 1. The van der Waals surface area contributed by atoms with Gasteiger partial charge >= 0.3 is 17.2 Å². The zero-order valence-corrected chi connectivity index (χ0v) is 17.9. The number of fused-ring (bicyclic) bond motifs is 2. The van der Waals surface area contributed by atoms with Crippen molar-refractivity contribution in [2.75, 3.05) is 7.11 Å². The highest BCUT2D eigenvalue weighted by Gasteiger charge is 2.15. The molecular formula is C25H17NO8. The van der Waals surface area contributed by atoms with E-state index in [-0.39, 0.29) is 29.7 Å². The van der Waals surface area contributed by atoms with Crippen LogP contribution in [-0.4, -0.2) is 18.2 Å². The van der Waals surface area contributed by atoms with Gasteiger partial charge in [-0.15, -0.1) is 0 Å². The Morgan fingerprint density at radius 1 is 0.941 bits per heavy atom. The fraction of sp³-hybridized carbons (Fsp3) is 0.120. The van der Waals surface area contributed by atoms with Crippen LogP contribution in [0.1, 0.15) is 12.2 Å².